The number of nitrogens with zero attached hydrogens (tertiary/aromatic N) is 1. The van der Waals surface area contributed by atoms with Gasteiger partial charge in [0, 0.05) is 24.0 Å². The van der Waals surface area contributed by atoms with E-state index in [9.17, 15) is 8.42 Å². The third kappa shape index (κ3) is 4.19. The van der Waals surface area contributed by atoms with Crippen molar-refractivity contribution >= 4 is 21.4 Å². The lowest BCUT2D eigenvalue weighted by molar-refractivity contribution is 0.600. The van der Waals surface area contributed by atoms with Crippen LogP contribution >= 0.6 is 0 Å². The molecule has 0 aliphatic carbocycles. The van der Waals surface area contributed by atoms with E-state index in [1.54, 1.807) is 24.4 Å². The summed E-state index contributed by atoms with van der Waals surface area (Å²) >= 11 is 0. The number of hydrogen-bond donors (Lipinski definition) is 2. The topological polar surface area (TPSA) is 85.1 Å². The molecule has 0 saturated heterocycles. The normalized spacial score (nSPS) is 11.3. The molecule has 0 amide bonds. The lowest BCUT2D eigenvalue weighted by Crippen LogP contribution is -2.19. The Bertz CT molecular complexity index is 728. The molecular weight excluding hydrogens is 286 g/mol. The SMILES string of the molecule is Cc1cc(NS(=O)(=O)CCc2ccccn2)c(C)cc1N. The molecule has 5 nitrogen and oxygen atoms in total. The number of rotatable bonds is 5. The molecule has 1 aromatic carbocycles. The number of sulfonamides is 1. The Kier molecular flexibility index (Phi) is 4.47. The number of nitrogens with two attached hydrogens (primary N) is 1. The predicted octanol–water partition coefficient (Wildman–Crippen LogP) is 2.27. The van der Waals surface area contributed by atoms with Gasteiger partial charge in [0.05, 0.1) is 11.4 Å². The number of nitrogen functional groups attached to an aromatic ring is 1. The van der Waals surface area contributed by atoms with Gasteiger partial charge in [-0.2, -0.15) is 0 Å². The molecule has 2 rings (SSSR count). The van der Waals surface area contributed by atoms with Gasteiger partial charge in [-0.25, -0.2) is 8.42 Å². The second kappa shape index (κ2) is 6.13. The van der Waals surface area contributed by atoms with Crippen molar-refractivity contribution in [2.24, 2.45) is 0 Å². The van der Waals surface area contributed by atoms with Crippen LogP contribution in [0.3, 0.4) is 0 Å². The van der Waals surface area contributed by atoms with Gasteiger partial charge in [0.25, 0.3) is 0 Å². The predicted molar refractivity (Wildman–Crippen MR) is 85.7 cm³/mol. The van der Waals surface area contributed by atoms with Crippen LogP contribution in [0.25, 0.3) is 0 Å². The summed E-state index contributed by atoms with van der Waals surface area (Å²) in [5.41, 5.74) is 9.44. The minimum absolute atomic E-state index is 0.00707. The molecule has 0 radical (unpaired) electrons. The van der Waals surface area contributed by atoms with Crippen LogP contribution in [0.15, 0.2) is 36.5 Å². The van der Waals surface area contributed by atoms with Crippen LogP contribution < -0.4 is 10.5 Å². The van der Waals surface area contributed by atoms with Crippen LogP contribution in [0.4, 0.5) is 11.4 Å². The van der Waals surface area contributed by atoms with Crippen molar-refractivity contribution in [3.63, 3.8) is 0 Å². The largest absolute Gasteiger partial charge is 0.399 e. The third-order valence-electron chi connectivity index (χ3n) is 3.23. The van der Waals surface area contributed by atoms with Crippen LogP contribution in [0, 0.1) is 13.8 Å². The molecular formula is C15H19N3O2S. The summed E-state index contributed by atoms with van der Waals surface area (Å²) in [5, 5.41) is 0. The van der Waals surface area contributed by atoms with Gasteiger partial charge in [-0.15, -0.1) is 0 Å². The van der Waals surface area contributed by atoms with E-state index in [2.05, 4.69) is 9.71 Å². The Morgan fingerprint density at radius 3 is 2.62 bits per heavy atom. The van der Waals surface area contributed by atoms with Gasteiger partial charge < -0.3 is 5.73 Å². The molecule has 21 heavy (non-hydrogen) atoms. The van der Waals surface area contributed by atoms with Crippen molar-refractivity contribution in [1.29, 1.82) is 0 Å². The number of hydrogen-bond acceptors (Lipinski definition) is 4. The van der Waals surface area contributed by atoms with Crippen molar-refractivity contribution in [3.05, 3.63) is 53.3 Å². The van der Waals surface area contributed by atoms with E-state index in [-0.39, 0.29) is 5.75 Å². The minimum Gasteiger partial charge on any atom is -0.399 e. The fourth-order valence-electron chi connectivity index (χ4n) is 1.95. The van der Waals surface area contributed by atoms with Gasteiger partial charge in [0.15, 0.2) is 0 Å². The highest BCUT2D eigenvalue weighted by molar-refractivity contribution is 7.92. The first-order valence-corrected chi connectivity index (χ1v) is 8.30. The zero-order valence-corrected chi connectivity index (χ0v) is 12.9. The monoisotopic (exact) mass is 305 g/mol. The number of pyridine rings is 1. The molecule has 0 saturated carbocycles. The molecule has 2 aromatic rings. The lowest BCUT2D eigenvalue weighted by Gasteiger charge is -2.12. The smallest absolute Gasteiger partial charge is 0.233 e. The molecule has 3 N–H and O–H groups in total. The summed E-state index contributed by atoms with van der Waals surface area (Å²) in [6.07, 6.45) is 2.03. The molecule has 0 spiro atoms. The number of aromatic nitrogens is 1. The fraction of sp³-hybridized carbons (Fsp3) is 0.267. The average Bonchev–Trinajstić information content (AvgIpc) is 2.44. The Labute approximate surface area is 125 Å². The summed E-state index contributed by atoms with van der Waals surface area (Å²) in [7, 11) is -3.42. The lowest BCUT2D eigenvalue weighted by atomic mass is 10.1. The standard InChI is InChI=1S/C15H19N3O2S/c1-11-10-15(12(2)9-14(11)16)18-21(19,20)8-6-13-5-3-4-7-17-13/h3-5,7,9-10,18H,6,8,16H2,1-2H3. The summed E-state index contributed by atoms with van der Waals surface area (Å²) in [4.78, 5) is 4.12. The molecule has 0 aliphatic rings. The van der Waals surface area contributed by atoms with Crippen LogP contribution in [-0.4, -0.2) is 19.2 Å². The molecule has 6 heteroatoms. The van der Waals surface area contributed by atoms with Crippen molar-refractivity contribution < 1.29 is 8.42 Å². The maximum absolute atomic E-state index is 12.2. The third-order valence-corrected chi connectivity index (χ3v) is 4.50. The maximum Gasteiger partial charge on any atom is 0.233 e. The number of nitrogens with one attached hydrogen (secondary N) is 1. The molecule has 0 unspecified atom stereocenters. The van der Waals surface area contributed by atoms with E-state index in [0.717, 1.165) is 16.8 Å². The van der Waals surface area contributed by atoms with Gasteiger partial charge >= 0.3 is 0 Å². The zero-order valence-electron chi connectivity index (χ0n) is 12.1. The van der Waals surface area contributed by atoms with E-state index in [1.165, 1.54) is 0 Å². The number of aryl methyl sites for hydroxylation is 3. The van der Waals surface area contributed by atoms with Gasteiger partial charge in [-0.05, 0) is 49.2 Å². The van der Waals surface area contributed by atoms with E-state index >= 15 is 0 Å². The first-order valence-electron chi connectivity index (χ1n) is 6.64. The summed E-state index contributed by atoms with van der Waals surface area (Å²) < 4.78 is 26.9. The molecule has 0 fully saturated rings. The van der Waals surface area contributed by atoms with E-state index in [4.69, 9.17) is 5.73 Å². The second-order valence-electron chi connectivity index (χ2n) is 5.02. The fourth-order valence-corrected chi connectivity index (χ4v) is 3.09. The minimum atomic E-state index is -3.42. The van der Waals surface area contributed by atoms with E-state index < -0.39 is 10.0 Å². The van der Waals surface area contributed by atoms with Gasteiger partial charge in [-0.3, -0.25) is 9.71 Å². The Hall–Kier alpha value is -2.08. The van der Waals surface area contributed by atoms with Crippen LogP contribution in [0.2, 0.25) is 0 Å². The summed E-state index contributed by atoms with van der Waals surface area (Å²) in [6.45, 7) is 3.67. The molecule has 0 atom stereocenters. The zero-order chi connectivity index (χ0) is 15.5. The molecule has 1 heterocycles. The number of benzene rings is 1. The van der Waals surface area contributed by atoms with Crippen LogP contribution in [-0.2, 0) is 16.4 Å². The Morgan fingerprint density at radius 2 is 1.95 bits per heavy atom. The van der Waals surface area contributed by atoms with Gasteiger partial charge in [0.1, 0.15) is 0 Å². The Morgan fingerprint density at radius 1 is 1.19 bits per heavy atom. The van der Waals surface area contributed by atoms with Gasteiger partial charge in [-0.1, -0.05) is 6.07 Å². The van der Waals surface area contributed by atoms with Crippen LogP contribution in [0.5, 0.6) is 0 Å². The first-order chi connectivity index (χ1) is 9.87. The Balaban J connectivity index is 2.09. The number of anilines is 2. The quantitative estimate of drug-likeness (QED) is 0.830. The summed E-state index contributed by atoms with van der Waals surface area (Å²) in [5.74, 6) is -0.00707. The average molecular weight is 305 g/mol. The van der Waals surface area contributed by atoms with E-state index in [0.29, 0.717) is 17.8 Å². The first kappa shape index (κ1) is 15.3. The van der Waals surface area contributed by atoms with Crippen molar-refractivity contribution in [2.75, 3.05) is 16.2 Å². The van der Waals surface area contributed by atoms with Gasteiger partial charge in [0.2, 0.25) is 10.0 Å². The van der Waals surface area contributed by atoms with Crippen LogP contribution in [0.1, 0.15) is 16.8 Å². The van der Waals surface area contributed by atoms with Crippen molar-refractivity contribution in [3.8, 4) is 0 Å². The van der Waals surface area contributed by atoms with Crippen molar-refractivity contribution in [1.82, 2.24) is 4.98 Å². The highest BCUT2D eigenvalue weighted by atomic mass is 32.2. The maximum atomic E-state index is 12.2. The molecule has 112 valence electrons. The molecule has 0 bridgehead atoms. The highest BCUT2D eigenvalue weighted by Gasteiger charge is 2.13. The molecule has 0 aliphatic heterocycles. The van der Waals surface area contributed by atoms with Crippen molar-refractivity contribution in [2.45, 2.75) is 20.3 Å². The second-order valence-corrected chi connectivity index (χ2v) is 6.86. The van der Waals surface area contributed by atoms with E-state index in [1.807, 2.05) is 26.0 Å². The highest BCUT2D eigenvalue weighted by Crippen LogP contribution is 2.23. The summed E-state index contributed by atoms with van der Waals surface area (Å²) in [6, 6.07) is 8.98. The molecule has 1 aromatic heterocycles.